The molecule has 0 aliphatic heterocycles. The highest BCUT2D eigenvalue weighted by molar-refractivity contribution is 5.23. The molecule has 0 saturated carbocycles. The molecule has 0 aliphatic rings. The van der Waals surface area contributed by atoms with Gasteiger partial charge in [-0.1, -0.05) is 37.3 Å². The number of benzene rings is 1. The normalized spacial score (nSPS) is 12.3. The molecule has 1 aromatic heterocycles. The molecule has 0 saturated heterocycles. The average molecular weight is 268 g/mol. The lowest BCUT2D eigenvalue weighted by Gasteiger charge is -2.16. The topological polar surface area (TPSA) is 24.9 Å². The van der Waals surface area contributed by atoms with Crippen molar-refractivity contribution >= 4 is 0 Å². The highest BCUT2D eigenvalue weighted by Crippen LogP contribution is 2.10. The maximum absolute atomic E-state index is 4.39. The Balaban J connectivity index is 1.88. The number of hydrogen-bond acceptors (Lipinski definition) is 2. The van der Waals surface area contributed by atoms with Crippen LogP contribution in [-0.2, 0) is 19.3 Å². The van der Waals surface area contributed by atoms with E-state index in [0.29, 0.717) is 6.04 Å². The molecule has 0 fully saturated rings. The molecule has 0 bridgehead atoms. The molecule has 20 heavy (non-hydrogen) atoms. The van der Waals surface area contributed by atoms with Crippen molar-refractivity contribution in [1.29, 1.82) is 0 Å². The van der Waals surface area contributed by atoms with Gasteiger partial charge in [0, 0.05) is 17.9 Å². The van der Waals surface area contributed by atoms with Crippen LogP contribution in [0, 0.1) is 0 Å². The number of nitrogens with zero attached hydrogens (tertiary/aromatic N) is 1. The summed E-state index contributed by atoms with van der Waals surface area (Å²) in [6.07, 6.45) is 6.19. The first-order valence-electron chi connectivity index (χ1n) is 7.46. The summed E-state index contributed by atoms with van der Waals surface area (Å²) in [5.41, 5.74) is 3.99. The number of aromatic nitrogens is 1. The average Bonchev–Trinajstić information content (AvgIpc) is 2.53. The summed E-state index contributed by atoms with van der Waals surface area (Å²) >= 11 is 0. The molecule has 2 nitrogen and oxygen atoms in total. The predicted molar refractivity (Wildman–Crippen MR) is 84.9 cm³/mol. The summed E-state index contributed by atoms with van der Waals surface area (Å²) in [5, 5.41) is 3.42. The van der Waals surface area contributed by atoms with Gasteiger partial charge in [0.1, 0.15) is 0 Å². The zero-order valence-corrected chi connectivity index (χ0v) is 12.5. The molecule has 0 aliphatic carbocycles. The largest absolute Gasteiger partial charge is 0.317 e. The summed E-state index contributed by atoms with van der Waals surface area (Å²) < 4.78 is 0. The minimum atomic E-state index is 0.504. The monoisotopic (exact) mass is 268 g/mol. The first-order chi connectivity index (χ1) is 9.81. The van der Waals surface area contributed by atoms with E-state index in [1.807, 2.05) is 19.3 Å². The summed E-state index contributed by atoms with van der Waals surface area (Å²) in [5.74, 6) is 0. The van der Waals surface area contributed by atoms with Crippen LogP contribution in [0.2, 0.25) is 0 Å². The molecule has 0 amide bonds. The third-order valence-corrected chi connectivity index (χ3v) is 3.80. The lowest BCUT2D eigenvalue weighted by molar-refractivity contribution is 0.517. The molecular formula is C18H24N2. The number of pyridine rings is 1. The second-order valence-electron chi connectivity index (χ2n) is 5.22. The van der Waals surface area contributed by atoms with E-state index in [9.17, 15) is 0 Å². The highest BCUT2D eigenvalue weighted by Gasteiger charge is 2.08. The van der Waals surface area contributed by atoms with Gasteiger partial charge in [-0.25, -0.2) is 0 Å². The number of likely N-dealkylation sites (N-methyl/N-ethyl adjacent to an activating group) is 1. The Bertz CT molecular complexity index is 491. The summed E-state index contributed by atoms with van der Waals surface area (Å²) in [4.78, 5) is 4.39. The van der Waals surface area contributed by atoms with Crippen molar-refractivity contribution < 1.29 is 0 Å². The molecule has 2 rings (SSSR count). The molecular weight excluding hydrogens is 244 g/mol. The summed E-state index contributed by atoms with van der Waals surface area (Å²) in [6, 6.07) is 15.6. The van der Waals surface area contributed by atoms with Gasteiger partial charge in [-0.3, -0.25) is 4.98 Å². The van der Waals surface area contributed by atoms with Crippen LogP contribution in [0.4, 0.5) is 0 Å². The van der Waals surface area contributed by atoms with E-state index < -0.39 is 0 Å². The Hall–Kier alpha value is -1.67. The van der Waals surface area contributed by atoms with Crippen LogP contribution in [0.3, 0.4) is 0 Å². The second-order valence-corrected chi connectivity index (χ2v) is 5.22. The number of nitrogens with one attached hydrogen (secondary N) is 1. The molecule has 1 atom stereocenters. The van der Waals surface area contributed by atoms with Gasteiger partial charge in [-0.2, -0.15) is 0 Å². The number of aryl methyl sites for hydroxylation is 2. The lowest BCUT2D eigenvalue weighted by Crippen LogP contribution is -2.28. The predicted octanol–water partition coefficient (Wildman–Crippen LogP) is 3.41. The van der Waals surface area contributed by atoms with Crippen LogP contribution in [-0.4, -0.2) is 18.1 Å². The SMILES string of the molecule is CCc1ccc(CC(CCc2ccccn2)NC)cc1. The minimum Gasteiger partial charge on any atom is -0.317 e. The third-order valence-electron chi connectivity index (χ3n) is 3.80. The fourth-order valence-corrected chi connectivity index (χ4v) is 2.41. The Kier molecular flexibility index (Phi) is 5.75. The van der Waals surface area contributed by atoms with E-state index in [2.05, 4.69) is 53.6 Å². The molecule has 1 unspecified atom stereocenters. The van der Waals surface area contributed by atoms with Gasteiger partial charge in [0.25, 0.3) is 0 Å². The maximum Gasteiger partial charge on any atom is 0.0404 e. The van der Waals surface area contributed by atoms with Gasteiger partial charge in [0.2, 0.25) is 0 Å². The Morgan fingerprint density at radius 1 is 1.05 bits per heavy atom. The van der Waals surface area contributed by atoms with Crippen molar-refractivity contribution in [1.82, 2.24) is 10.3 Å². The van der Waals surface area contributed by atoms with Crippen molar-refractivity contribution in [2.24, 2.45) is 0 Å². The molecule has 1 aromatic carbocycles. The molecule has 0 spiro atoms. The second kappa shape index (κ2) is 7.81. The molecule has 0 radical (unpaired) electrons. The standard InChI is InChI=1S/C18H24N2/c1-3-15-7-9-16(10-8-15)14-18(19-2)12-11-17-6-4-5-13-20-17/h4-10,13,18-19H,3,11-12,14H2,1-2H3. The van der Waals surface area contributed by atoms with Gasteiger partial charge < -0.3 is 5.32 Å². The molecule has 2 aromatic rings. The van der Waals surface area contributed by atoms with E-state index in [0.717, 1.165) is 25.7 Å². The van der Waals surface area contributed by atoms with E-state index in [1.54, 1.807) is 0 Å². The maximum atomic E-state index is 4.39. The van der Waals surface area contributed by atoms with Crippen molar-refractivity contribution in [2.45, 2.75) is 38.6 Å². The van der Waals surface area contributed by atoms with Gasteiger partial charge >= 0.3 is 0 Å². The quantitative estimate of drug-likeness (QED) is 0.832. The number of rotatable bonds is 7. The Labute approximate surface area is 122 Å². The van der Waals surface area contributed by atoms with Crippen molar-refractivity contribution in [3.63, 3.8) is 0 Å². The van der Waals surface area contributed by atoms with Crippen LogP contribution in [0.25, 0.3) is 0 Å². The molecule has 106 valence electrons. The zero-order chi connectivity index (χ0) is 14.2. The fourth-order valence-electron chi connectivity index (χ4n) is 2.41. The number of hydrogen-bond donors (Lipinski definition) is 1. The minimum absolute atomic E-state index is 0.504. The Morgan fingerprint density at radius 3 is 2.40 bits per heavy atom. The van der Waals surface area contributed by atoms with Crippen LogP contribution < -0.4 is 5.32 Å². The molecule has 1 N–H and O–H groups in total. The van der Waals surface area contributed by atoms with Gasteiger partial charge in [0.05, 0.1) is 0 Å². The summed E-state index contributed by atoms with van der Waals surface area (Å²) in [6.45, 7) is 2.19. The van der Waals surface area contributed by atoms with Crippen LogP contribution >= 0.6 is 0 Å². The van der Waals surface area contributed by atoms with E-state index >= 15 is 0 Å². The molecule has 2 heteroatoms. The van der Waals surface area contributed by atoms with Crippen LogP contribution in [0.5, 0.6) is 0 Å². The van der Waals surface area contributed by atoms with E-state index in [-0.39, 0.29) is 0 Å². The lowest BCUT2D eigenvalue weighted by atomic mass is 9.99. The Morgan fingerprint density at radius 2 is 1.80 bits per heavy atom. The highest BCUT2D eigenvalue weighted by atomic mass is 14.9. The van der Waals surface area contributed by atoms with Crippen molar-refractivity contribution in [3.8, 4) is 0 Å². The first-order valence-corrected chi connectivity index (χ1v) is 7.46. The van der Waals surface area contributed by atoms with Gasteiger partial charge in [-0.05, 0) is 56.0 Å². The van der Waals surface area contributed by atoms with E-state index in [4.69, 9.17) is 0 Å². The van der Waals surface area contributed by atoms with Gasteiger partial charge in [0.15, 0.2) is 0 Å². The molecule has 1 heterocycles. The van der Waals surface area contributed by atoms with E-state index in [1.165, 1.54) is 16.8 Å². The van der Waals surface area contributed by atoms with Crippen molar-refractivity contribution in [3.05, 3.63) is 65.5 Å². The third kappa shape index (κ3) is 4.46. The van der Waals surface area contributed by atoms with Crippen molar-refractivity contribution in [2.75, 3.05) is 7.05 Å². The fraction of sp³-hybridized carbons (Fsp3) is 0.389. The summed E-state index contributed by atoms with van der Waals surface area (Å²) in [7, 11) is 2.05. The van der Waals surface area contributed by atoms with Crippen LogP contribution in [0.15, 0.2) is 48.7 Å². The van der Waals surface area contributed by atoms with Crippen LogP contribution in [0.1, 0.15) is 30.2 Å². The first kappa shape index (κ1) is 14.7. The smallest absolute Gasteiger partial charge is 0.0404 e. The van der Waals surface area contributed by atoms with Gasteiger partial charge in [-0.15, -0.1) is 0 Å². The zero-order valence-electron chi connectivity index (χ0n) is 12.5.